The first-order chi connectivity index (χ1) is 12.8. The first-order valence-corrected chi connectivity index (χ1v) is 10.8. The minimum absolute atomic E-state index is 0.103. The number of aryl methyl sites for hydroxylation is 1. The van der Waals surface area contributed by atoms with Crippen molar-refractivity contribution in [1.82, 2.24) is 0 Å². The smallest absolute Gasteiger partial charge is 0.262 e. The van der Waals surface area contributed by atoms with Gasteiger partial charge in [-0.25, -0.2) is 8.42 Å². The van der Waals surface area contributed by atoms with Gasteiger partial charge in [-0.2, -0.15) is 0 Å². The summed E-state index contributed by atoms with van der Waals surface area (Å²) >= 11 is 7.33. The summed E-state index contributed by atoms with van der Waals surface area (Å²) in [6.07, 6.45) is 0.247. The largest absolute Gasteiger partial charge is 0.326 e. The molecule has 0 saturated heterocycles. The molecule has 8 heteroatoms. The van der Waals surface area contributed by atoms with Crippen molar-refractivity contribution in [3.63, 3.8) is 0 Å². The number of hydrogen-bond acceptors (Lipinski definition) is 4. The maximum atomic E-state index is 12.7. The summed E-state index contributed by atoms with van der Waals surface area (Å²) < 4.78 is 28.0. The monoisotopic (exact) mass is 420 g/mol. The molecule has 3 aromatic rings. The Morgan fingerprint density at radius 3 is 2.44 bits per heavy atom. The van der Waals surface area contributed by atoms with Crippen molar-refractivity contribution in [2.45, 2.75) is 18.2 Å². The van der Waals surface area contributed by atoms with Gasteiger partial charge in [0.1, 0.15) is 0 Å². The number of nitrogens with one attached hydrogen (secondary N) is 2. The number of thiophene rings is 1. The second kappa shape index (κ2) is 8.12. The van der Waals surface area contributed by atoms with Crippen molar-refractivity contribution < 1.29 is 13.2 Å². The average Bonchev–Trinajstić information content (AvgIpc) is 3.11. The number of sulfonamides is 1. The average molecular weight is 421 g/mol. The molecule has 0 atom stereocenters. The van der Waals surface area contributed by atoms with Crippen molar-refractivity contribution in [2.24, 2.45) is 0 Å². The van der Waals surface area contributed by atoms with Crippen LogP contribution >= 0.6 is 22.9 Å². The van der Waals surface area contributed by atoms with Crippen molar-refractivity contribution in [1.29, 1.82) is 0 Å². The summed E-state index contributed by atoms with van der Waals surface area (Å²) in [5.41, 5.74) is 1.41. The molecule has 0 aliphatic rings. The minimum Gasteiger partial charge on any atom is -0.326 e. The van der Waals surface area contributed by atoms with Crippen molar-refractivity contribution >= 4 is 50.2 Å². The zero-order valence-electron chi connectivity index (χ0n) is 14.4. The molecule has 2 aromatic carbocycles. The van der Waals surface area contributed by atoms with E-state index in [1.165, 1.54) is 17.4 Å². The second-order valence-electron chi connectivity index (χ2n) is 5.90. The molecule has 0 bridgehead atoms. The molecule has 0 aliphatic heterocycles. The maximum Gasteiger partial charge on any atom is 0.262 e. The number of benzene rings is 2. The topological polar surface area (TPSA) is 75.3 Å². The Morgan fingerprint density at radius 1 is 1.07 bits per heavy atom. The molecule has 0 saturated carbocycles. The normalized spacial score (nSPS) is 11.2. The molecule has 3 rings (SSSR count). The molecule has 2 N–H and O–H groups in total. The highest BCUT2D eigenvalue weighted by molar-refractivity contribution is 7.92. The first-order valence-electron chi connectivity index (χ1n) is 8.05. The van der Waals surface area contributed by atoms with Gasteiger partial charge in [-0.1, -0.05) is 23.7 Å². The lowest BCUT2D eigenvalue weighted by molar-refractivity contribution is -0.115. The second-order valence-corrected chi connectivity index (χ2v) is 9.02. The SMILES string of the molecule is Cc1ccc(NC(=O)Cc2cccs2)cc1S(=O)(=O)Nc1ccc(Cl)cc1. The number of rotatable bonds is 6. The van der Waals surface area contributed by atoms with E-state index in [2.05, 4.69) is 10.0 Å². The van der Waals surface area contributed by atoms with E-state index in [-0.39, 0.29) is 17.2 Å². The molecule has 0 radical (unpaired) electrons. The molecule has 0 fully saturated rings. The quantitative estimate of drug-likeness (QED) is 0.607. The number of carbonyl (C=O) groups excluding carboxylic acids is 1. The lowest BCUT2D eigenvalue weighted by atomic mass is 10.2. The third-order valence-corrected chi connectivity index (χ3v) is 6.42. The lowest BCUT2D eigenvalue weighted by Crippen LogP contribution is -2.17. The van der Waals surface area contributed by atoms with Gasteiger partial charge in [0.25, 0.3) is 10.0 Å². The third kappa shape index (κ3) is 5.09. The summed E-state index contributed by atoms with van der Waals surface area (Å²) in [7, 11) is -3.81. The number of anilines is 2. The fourth-order valence-electron chi connectivity index (χ4n) is 2.47. The maximum absolute atomic E-state index is 12.7. The Morgan fingerprint density at radius 2 is 1.78 bits per heavy atom. The van der Waals surface area contributed by atoms with E-state index in [0.717, 1.165) is 4.88 Å². The number of halogens is 1. The third-order valence-electron chi connectivity index (χ3n) is 3.77. The Labute approximate surface area is 167 Å². The van der Waals surface area contributed by atoms with Gasteiger partial charge in [-0.3, -0.25) is 9.52 Å². The van der Waals surface area contributed by atoms with Gasteiger partial charge in [0.05, 0.1) is 11.3 Å². The van der Waals surface area contributed by atoms with E-state index in [0.29, 0.717) is 22.0 Å². The predicted octanol–water partition coefficient (Wildman–Crippen LogP) is 4.69. The fourth-order valence-corrected chi connectivity index (χ4v) is 4.63. The molecule has 1 amide bonds. The van der Waals surface area contributed by atoms with Crippen molar-refractivity contribution in [2.75, 3.05) is 10.0 Å². The van der Waals surface area contributed by atoms with Crippen LogP contribution in [0.25, 0.3) is 0 Å². The van der Waals surface area contributed by atoms with E-state index >= 15 is 0 Å². The van der Waals surface area contributed by atoms with E-state index in [4.69, 9.17) is 11.6 Å². The molecule has 5 nitrogen and oxygen atoms in total. The van der Waals surface area contributed by atoms with E-state index in [1.807, 2.05) is 17.5 Å². The minimum atomic E-state index is -3.81. The molecule has 0 aliphatic carbocycles. The molecular weight excluding hydrogens is 404 g/mol. The van der Waals surface area contributed by atoms with Crippen LogP contribution in [0.3, 0.4) is 0 Å². The van der Waals surface area contributed by atoms with Crippen LogP contribution in [0.15, 0.2) is 64.9 Å². The Kier molecular flexibility index (Phi) is 5.84. The van der Waals surface area contributed by atoms with Crippen LogP contribution in [-0.4, -0.2) is 14.3 Å². The van der Waals surface area contributed by atoms with Crippen molar-refractivity contribution in [3.8, 4) is 0 Å². The molecule has 1 heterocycles. The lowest BCUT2D eigenvalue weighted by Gasteiger charge is -2.13. The van der Waals surface area contributed by atoms with Crippen LogP contribution in [0.4, 0.5) is 11.4 Å². The predicted molar refractivity (Wildman–Crippen MR) is 110 cm³/mol. The van der Waals surface area contributed by atoms with Crippen LogP contribution < -0.4 is 10.0 Å². The summed E-state index contributed by atoms with van der Waals surface area (Å²) in [5.74, 6) is -0.199. The number of carbonyl (C=O) groups is 1. The van der Waals surface area contributed by atoms with E-state index in [1.54, 1.807) is 43.3 Å². The molecule has 140 valence electrons. The van der Waals surface area contributed by atoms with Crippen LogP contribution in [0.2, 0.25) is 5.02 Å². The van der Waals surface area contributed by atoms with E-state index in [9.17, 15) is 13.2 Å². The number of amides is 1. The summed E-state index contributed by atoms with van der Waals surface area (Å²) in [6, 6.07) is 14.9. The van der Waals surface area contributed by atoms with Gasteiger partial charge < -0.3 is 5.32 Å². The molecule has 0 spiro atoms. The van der Waals surface area contributed by atoms with Gasteiger partial charge >= 0.3 is 0 Å². The molecule has 27 heavy (non-hydrogen) atoms. The van der Waals surface area contributed by atoms with Gasteiger partial charge in [0.15, 0.2) is 0 Å². The van der Waals surface area contributed by atoms with Gasteiger partial charge in [-0.05, 0) is 60.3 Å². The summed E-state index contributed by atoms with van der Waals surface area (Å²) in [6.45, 7) is 1.70. The summed E-state index contributed by atoms with van der Waals surface area (Å²) in [5, 5.41) is 5.17. The Hall–Kier alpha value is -2.35. The van der Waals surface area contributed by atoms with Crippen LogP contribution in [0.1, 0.15) is 10.4 Å². The van der Waals surface area contributed by atoms with Gasteiger partial charge in [0.2, 0.25) is 5.91 Å². The summed E-state index contributed by atoms with van der Waals surface area (Å²) in [4.78, 5) is 13.2. The molecule has 1 aromatic heterocycles. The standard InChI is InChI=1S/C19H17ClN2O3S2/c1-13-4-7-16(21-19(23)12-17-3-2-10-26-17)11-18(13)27(24,25)22-15-8-5-14(20)6-9-15/h2-11,22H,12H2,1H3,(H,21,23). The highest BCUT2D eigenvalue weighted by Crippen LogP contribution is 2.24. The van der Waals surface area contributed by atoms with Crippen LogP contribution in [0.5, 0.6) is 0 Å². The highest BCUT2D eigenvalue weighted by Gasteiger charge is 2.18. The fraction of sp³-hybridized carbons (Fsp3) is 0.105. The number of hydrogen-bond donors (Lipinski definition) is 2. The highest BCUT2D eigenvalue weighted by atomic mass is 35.5. The molecule has 0 unspecified atom stereocenters. The van der Waals surface area contributed by atoms with Gasteiger partial charge in [0, 0.05) is 21.3 Å². The Balaban J connectivity index is 1.79. The zero-order chi connectivity index (χ0) is 19.4. The zero-order valence-corrected chi connectivity index (χ0v) is 16.8. The molecular formula is C19H17ClN2O3S2. The Bertz CT molecular complexity index is 1050. The van der Waals surface area contributed by atoms with E-state index < -0.39 is 10.0 Å². The van der Waals surface area contributed by atoms with Gasteiger partial charge in [-0.15, -0.1) is 11.3 Å². The van der Waals surface area contributed by atoms with Crippen LogP contribution in [-0.2, 0) is 21.2 Å². The van der Waals surface area contributed by atoms with Crippen molar-refractivity contribution in [3.05, 3.63) is 75.4 Å². The first kappa shape index (κ1) is 19.4. The van der Waals surface area contributed by atoms with Crippen LogP contribution in [0, 0.1) is 6.92 Å².